The van der Waals surface area contributed by atoms with Gasteiger partial charge in [0.15, 0.2) is 0 Å². The number of hydrogen-bond acceptors (Lipinski definition) is 4. The van der Waals surface area contributed by atoms with Crippen molar-refractivity contribution in [1.82, 2.24) is 0 Å². The molecule has 4 nitrogen and oxygen atoms in total. The lowest BCUT2D eigenvalue weighted by Gasteiger charge is -1.99. The van der Waals surface area contributed by atoms with E-state index in [4.69, 9.17) is 14.6 Å². The van der Waals surface area contributed by atoms with Crippen LogP contribution in [0.15, 0.2) is 0 Å². The van der Waals surface area contributed by atoms with Crippen molar-refractivity contribution in [1.29, 1.82) is 0 Å². The maximum absolute atomic E-state index is 10.8. The molecule has 0 spiro atoms. The van der Waals surface area contributed by atoms with Gasteiger partial charge in [-0.3, -0.25) is 4.79 Å². The Labute approximate surface area is 71.5 Å². The van der Waals surface area contributed by atoms with Crippen molar-refractivity contribution in [2.24, 2.45) is 0 Å². The molecular weight excluding hydrogens is 160 g/mol. The van der Waals surface area contributed by atoms with E-state index >= 15 is 0 Å². The van der Waals surface area contributed by atoms with E-state index in [1.54, 1.807) is 0 Å². The van der Waals surface area contributed by atoms with Crippen LogP contribution in [-0.2, 0) is 14.3 Å². The molecule has 70 valence electrons. The number of esters is 1. The summed E-state index contributed by atoms with van der Waals surface area (Å²) in [6.07, 6.45) is 1.07. The summed E-state index contributed by atoms with van der Waals surface area (Å²) < 4.78 is 9.83. The number of carbonyl (C=O) groups excluding carboxylic acids is 1. The highest BCUT2D eigenvalue weighted by molar-refractivity contribution is 5.69. The first-order valence-electron chi connectivity index (χ1n) is 4.20. The summed E-state index contributed by atoms with van der Waals surface area (Å²) in [4.78, 5) is 10.8. The van der Waals surface area contributed by atoms with Crippen molar-refractivity contribution in [2.45, 2.75) is 32.0 Å². The Kier molecular flexibility index (Phi) is 3.49. The van der Waals surface area contributed by atoms with Crippen LogP contribution in [0.4, 0.5) is 0 Å². The van der Waals surface area contributed by atoms with E-state index in [0.717, 1.165) is 6.42 Å². The van der Waals surface area contributed by atoms with Gasteiger partial charge in [0.25, 0.3) is 0 Å². The Morgan fingerprint density at radius 3 is 2.83 bits per heavy atom. The molecule has 1 N–H and O–H groups in total. The molecule has 0 saturated carbocycles. The van der Waals surface area contributed by atoms with Gasteiger partial charge in [-0.25, -0.2) is 0 Å². The van der Waals surface area contributed by atoms with Crippen LogP contribution in [0.3, 0.4) is 0 Å². The van der Waals surface area contributed by atoms with E-state index in [0.29, 0.717) is 6.42 Å². The minimum absolute atomic E-state index is 0.00992. The second kappa shape index (κ2) is 4.42. The topological polar surface area (TPSA) is 59.1 Å². The SMILES string of the molecule is CCCC(=O)OC[C@H]1O[C@H]1CO. The van der Waals surface area contributed by atoms with Gasteiger partial charge in [0, 0.05) is 6.42 Å². The average molecular weight is 174 g/mol. The maximum Gasteiger partial charge on any atom is 0.305 e. The normalized spacial score (nSPS) is 26.8. The summed E-state index contributed by atoms with van der Waals surface area (Å²) in [5.41, 5.74) is 0. The highest BCUT2D eigenvalue weighted by Crippen LogP contribution is 2.21. The van der Waals surface area contributed by atoms with E-state index in [1.807, 2.05) is 6.92 Å². The van der Waals surface area contributed by atoms with E-state index in [1.165, 1.54) is 0 Å². The van der Waals surface area contributed by atoms with Crippen LogP contribution < -0.4 is 0 Å². The first-order chi connectivity index (χ1) is 5.77. The first-order valence-corrected chi connectivity index (χ1v) is 4.20. The van der Waals surface area contributed by atoms with Crippen molar-refractivity contribution >= 4 is 5.97 Å². The minimum Gasteiger partial charge on any atom is -0.463 e. The standard InChI is InChI=1S/C8H14O4/c1-2-3-8(10)11-5-7-6(4-9)12-7/h6-7,9H,2-5H2,1H3/t6-,7+/m0/s1. The lowest BCUT2D eigenvalue weighted by Crippen LogP contribution is -2.12. The molecule has 0 aromatic heterocycles. The third-order valence-corrected chi connectivity index (χ3v) is 1.73. The summed E-state index contributed by atoms with van der Waals surface area (Å²) in [7, 11) is 0. The second-order valence-electron chi connectivity index (χ2n) is 2.83. The lowest BCUT2D eigenvalue weighted by atomic mass is 10.3. The molecule has 2 atom stereocenters. The molecule has 1 aliphatic heterocycles. The zero-order chi connectivity index (χ0) is 8.97. The van der Waals surface area contributed by atoms with Gasteiger partial charge in [-0.15, -0.1) is 0 Å². The smallest absolute Gasteiger partial charge is 0.305 e. The van der Waals surface area contributed by atoms with Crippen LogP contribution in [0.25, 0.3) is 0 Å². The van der Waals surface area contributed by atoms with Gasteiger partial charge in [0.05, 0.1) is 6.61 Å². The molecule has 0 aromatic rings. The average Bonchev–Trinajstić information content (AvgIpc) is 2.80. The molecule has 1 rings (SSSR count). The predicted octanol–water partition coefficient (Wildman–Crippen LogP) is 0.0894. The number of aliphatic hydroxyl groups excluding tert-OH is 1. The molecule has 0 aliphatic carbocycles. The monoisotopic (exact) mass is 174 g/mol. The van der Waals surface area contributed by atoms with Crippen LogP contribution in [0.1, 0.15) is 19.8 Å². The summed E-state index contributed by atoms with van der Waals surface area (Å²) in [6, 6.07) is 0. The number of hydrogen-bond donors (Lipinski definition) is 1. The van der Waals surface area contributed by atoms with Crippen LogP contribution in [0.5, 0.6) is 0 Å². The van der Waals surface area contributed by atoms with E-state index < -0.39 is 0 Å². The Balaban J connectivity index is 1.99. The zero-order valence-corrected chi connectivity index (χ0v) is 7.16. The van der Waals surface area contributed by atoms with Crippen LogP contribution in [-0.4, -0.2) is 36.5 Å². The molecule has 0 unspecified atom stereocenters. The van der Waals surface area contributed by atoms with Crippen LogP contribution in [0.2, 0.25) is 0 Å². The van der Waals surface area contributed by atoms with Gasteiger partial charge in [0.1, 0.15) is 18.8 Å². The molecule has 12 heavy (non-hydrogen) atoms. The highest BCUT2D eigenvalue weighted by Gasteiger charge is 2.38. The number of carbonyl (C=O) groups is 1. The molecule has 0 bridgehead atoms. The Morgan fingerprint density at radius 1 is 1.58 bits per heavy atom. The fourth-order valence-corrected chi connectivity index (χ4v) is 0.938. The molecule has 0 amide bonds. The quantitative estimate of drug-likeness (QED) is 0.474. The van der Waals surface area contributed by atoms with Crippen molar-refractivity contribution in [3.8, 4) is 0 Å². The summed E-state index contributed by atoms with van der Waals surface area (Å²) in [5.74, 6) is -0.190. The van der Waals surface area contributed by atoms with Gasteiger partial charge in [0.2, 0.25) is 0 Å². The predicted molar refractivity (Wildman–Crippen MR) is 41.6 cm³/mol. The Morgan fingerprint density at radius 2 is 2.33 bits per heavy atom. The number of rotatable bonds is 5. The molecule has 1 saturated heterocycles. The zero-order valence-electron chi connectivity index (χ0n) is 7.16. The van der Waals surface area contributed by atoms with Gasteiger partial charge >= 0.3 is 5.97 Å². The molecule has 1 heterocycles. The minimum atomic E-state index is -0.190. The lowest BCUT2D eigenvalue weighted by molar-refractivity contribution is -0.144. The molecule has 4 heteroatoms. The van der Waals surface area contributed by atoms with Gasteiger partial charge in [-0.05, 0) is 6.42 Å². The summed E-state index contributed by atoms with van der Waals surface area (Å²) in [6.45, 7) is 2.21. The number of ether oxygens (including phenoxy) is 2. The maximum atomic E-state index is 10.8. The first kappa shape index (κ1) is 9.48. The van der Waals surface area contributed by atoms with Crippen LogP contribution in [0, 0.1) is 0 Å². The Bertz CT molecular complexity index is 157. The fraction of sp³-hybridized carbons (Fsp3) is 0.875. The van der Waals surface area contributed by atoms with Crippen LogP contribution >= 0.6 is 0 Å². The summed E-state index contributed by atoms with van der Waals surface area (Å²) >= 11 is 0. The van der Waals surface area contributed by atoms with E-state index in [-0.39, 0.29) is 31.4 Å². The fourth-order valence-electron chi connectivity index (χ4n) is 0.938. The third kappa shape index (κ3) is 2.79. The summed E-state index contributed by atoms with van der Waals surface area (Å²) in [5, 5.41) is 8.58. The molecular formula is C8H14O4. The van der Waals surface area contributed by atoms with Crippen molar-refractivity contribution in [3.05, 3.63) is 0 Å². The molecule has 0 radical (unpaired) electrons. The van der Waals surface area contributed by atoms with Crippen molar-refractivity contribution < 1.29 is 19.4 Å². The highest BCUT2D eigenvalue weighted by atomic mass is 16.6. The van der Waals surface area contributed by atoms with E-state index in [2.05, 4.69) is 0 Å². The molecule has 1 aliphatic rings. The number of aliphatic hydroxyl groups is 1. The number of epoxide rings is 1. The molecule has 0 aromatic carbocycles. The van der Waals surface area contributed by atoms with Gasteiger partial charge in [-0.2, -0.15) is 0 Å². The third-order valence-electron chi connectivity index (χ3n) is 1.73. The van der Waals surface area contributed by atoms with Crippen molar-refractivity contribution in [3.63, 3.8) is 0 Å². The molecule has 1 fully saturated rings. The largest absolute Gasteiger partial charge is 0.463 e. The van der Waals surface area contributed by atoms with Gasteiger partial charge < -0.3 is 14.6 Å². The van der Waals surface area contributed by atoms with Crippen molar-refractivity contribution in [2.75, 3.05) is 13.2 Å². The van der Waals surface area contributed by atoms with E-state index in [9.17, 15) is 4.79 Å². The Hall–Kier alpha value is -0.610. The second-order valence-corrected chi connectivity index (χ2v) is 2.83. The van der Waals surface area contributed by atoms with Gasteiger partial charge in [-0.1, -0.05) is 6.92 Å².